The van der Waals surface area contributed by atoms with Crippen molar-refractivity contribution in [1.29, 1.82) is 0 Å². The number of urea groups is 1. The number of nitrogens with zero attached hydrogens (tertiary/aromatic N) is 1. The number of hydrogen-bond acceptors (Lipinski definition) is 4. The van der Waals surface area contributed by atoms with Crippen LogP contribution < -0.4 is 5.32 Å². The van der Waals surface area contributed by atoms with Gasteiger partial charge in [0.1, 0.15) is 6.04 Å². The topological polar surface area (TPSA) is 89.9 Å². The van der Waals surface area contributed by atoms with Crippen LogP contribution in [0.4, 0.5) is 4.79 Å². The van der Waals surface area contributed by atoms with Crippen LogP contribution in [-0.2, 0) is 17.6 Å². The van der Waals surface area contributed by atoms with Gasteiger partial charge in [0.2, 0.25) is 0 Å². The molecule has 0 bridgehead atoms. The molecule has 1 aromatic heterocycles. The lowest BCUT2D eigenvalue weighted by Gasteiger charge is -2.24. The molecule has 6 nitrogen and oxygen atoms in total. The second kappa shape index (κ2) is 9.80. The van der Waals surface area contributed by atoms with Crippen LogP contribution in [0.15, 0.2) is 47.8 Å². The average molecular weight is 362 g/mol. The van der Waals surface area contributed by atoms with E-state index in [9.17, 15) is 19.8 Å². The molecule has 0 fully saturated rings. The van der Waals surface area contributed by atoms with Crippen molar-refractivity contribution in [2.45, 2.75) is 18.9 Å². The van der Waals surface area contributed by atoms with Gasteiger partial charge in [-0.15, -0.1) is 11.3 Å². The van der Waals surface area contributed by atoms with E-state index in [-0.39, 0.29) is 19.6 Å². The van der Waals surface area contributed by atoms with E-state index in [1.54, 1.807) is 0 Å². The number of carboxylic acids is 1. The number of rotatable bonds is 9. The molecule has 0 aliphatic carbocycles. The molecular formula is C18H22N2O4S. The Balaban J connectivity index is 1.95. The van der Waals surface area contributed by atoms with E-state index in [0.29, 0.717) is 13.0 Å². The summed E-state index contributed by atoms with van der Waals surface area (Å²) in [6.07, 6.45) is 0.876. The van der Waals surface area contributed by atoms with E-state index in [1.165, 1.54) is 16.2 Å². The Kier molecular flexibility index (Phi) is 7.43. The molecule has 25 heavy (non-hydrogen) atoms. The van der Waals surface area contributed by atoms with Crippen molar-refractivity contribution in [2.75, 3.05) is 19.7 Å². The van der Waals surface area contributed by atoms with E-state index in [4.69, 9.17) is 0 Å². The summed E-state index contributed by atoms with van der Waals surface area (Å²) in [6.45, 7) is 0.386. The zero-order valence-corrected chi connectivity index (χ0v) is 14.6. The Labute approximate surface area is 150 Å². The summed E-state index contributed by atoms with van der Waals surface area (Å²) in [5.41, 5.74) is 1.08. The monoisotopic (exact) mass is 362 g/mol. The summed E-state index contributed by atoms with van der Waals surface area (Å²) in [5, 5.41) is 23.0. The fraction of sp³-hybridized carbons (Fsp3) is 0.333. The molecule has 3 N–H and O–H groups in total. The molecule has 0 radical (unpaired) electrons. The smallest absolute Gasteiger partial charge is 0.326 e. The maximum atomic E-state index is 12.4. The third kappa shape index (κ3) is 6.21. The zero-order valence-electron chi connectivity index (χ0n) is 13.8. The first kappa shape index (κ1) is 19.0. The fourth-order valence-corrected chi connectivity index (χ4v) is 3.17. The molecule has 0 aliphatic rings. The van der Waals surface area contributed by atoms with Crippen LogP contribution in [0.1, 0.15) is 10.4 Å². The van der Waals surface area contributed by atoms with Gasteiger partial charge in [0.15, 0.2) is 0 Å². The van der Waals surface area contributed by atoms with Crippen molar-refractivity contribution in [2.24, 2.45) is 0 Å². The minimum atomic E-state index is -1.08. The number of aliphatic hydroxyl groups excluding tert-OH is 1. The van der Waals surface area contributed by atoms with Gasteiger partial charge in [-0.25, -0.2) is 9.59 Å². The van der Waals surface area contributed by atoms with Gasteiger partial charge in [0, 0.05) is 24.4 Å². The van der Waals surface area contributed by atoms with Crippen LogP contribution >= 0.6 is 11.3 Å². The van der Waals surface area contributed by atoms with Crippen LogP contribution in [0.2, 0.25) is 0 Å². The van der Waals surface area contributed by atoms with Crippen LogP contribution in [0.3, 0.4) is 0 Å². The molecule has 0 unspecified atom stereocenters. The molecule has 0 spiro atoms. The van der Waals surface area contributed by atoms with Crippen molar-refractivity contribution >= 4 is 23.3 Å². The van der Waals surface area contributed by atoms with E-state index >= 15 is 0 Å². The van der Waals surface area contributed by atoms with Crippen LogP contribution in [0, 0.1) is 0 Å². The zero-order chi connectivity index (χ0) is 18.1. The van der Waals surface area contributed by atoms with Gasteiger partial charge in [-0.1, -0.05) is 36.4 Å². The predicted octanol–water partition coefficient (Wildman–Crippen LogP) is 1.99. The Morgan fingerprint density at radius 2 is 1.88 bits per heavy atom. The summed E-state index contributed by atoms with van der Waals surface area (Å²) in [5.74, 6) is -1.08. The molecule has 0 saturated heterocycles. The number of thiophene rings is 1. The first-order valence-electron chi connectivity index (χ1n) is 8.05. The molecule has 1 atom stereocenters. The third-order valence-corrected chi connectivity index (χ3v) is 4.65. The lowest BCUT2D eigenvalue weighted by Crippen LogP contribution is -2.50. The molecule has 134 valence electrons. The second-order valence-electron chi connectivity index (χ2n) is 5.57. The van der Waals surface area contributed by atoms with E-state index in [1.807, 2.05) is 47.8 Å². The summed E-state index contributed by atoms with van der Waals surface area (Å²) in [6, 6.07) is 11.9. The molecular weight excluding hydrogens is 340 g/mol. The molecule has 7 heteroatoms. The predicted molar refractivity (Wildman–Crippen MR) is 96.8 cm³/mol. The van der Waals surface area contributed by atoms with Crippen molar-refractivity contribution in [3.63, 3.8) is 0 Å². The van der Waals surface area contributed by atoms with Crippen molar-refractivity contribution in [3.05, 3.63) is 58.3 Å². The van der Waals surface area contributed by atoms with Gasteiger partial charge >= 0.3 is 12.0 Å². The second-order valence-corrected chi connectivity index (χ2v) is 6.60. The fourth-order valence-electron chi connectivity index (χ4n) is 2.41. The highest BCUT2D eigenvalue weighted by Gasteiger charge is 2.23. The van der Waals surface area contributed by atoms with Gasteiger partial charge in [-0.2, -0.15) is 0 Å². The molecule has 2 amide bonds. The number of aliphatic hydroxyl groups is 1. The van der Waals surface area contributed by atoms with Gasteiger partial charge in [0.25, 0.3) is 0 Å². The Bertz CT molecular complexity index is 661. The van der Waals surface area contributed by atoms with Gasteiger partial charge in [-0.3, -0.25) is 0 Å². The lowest BCUT2D eigenvalue weighted by molar-refractivity contribution is -0.139. The molecule has 1 aromatic carbocycles. The van der Waals surface area contributed by atoms with E-state index < -0.39 is 18.0 Å². The lowest BCUT2D eigenvalue weighted by atomic mass is 10.1. The first-order chi connectivity index (χ1) is 12.1. The highest BCUT2D eigenvalue weighted by molar-refractivity contribution is 7.09. The highest BCUT2D eigenvalue weighted by Crippen LogP contribution is 2.12. The first-order valence-corrected chi connectivity index (χ1v) is 8.93. The summed E-state index contributed by atoms with van der Waals surface area (Å²) in [7, 11) is 0. The van der Waals surface area contributed by atoms with Crippen LogP contribution in [0.5, 0.6) is 0 Å². The molecule has 2 rings (SSSR count). The maximum Gasteiger partial charge on any atom is 0.326 e. The molecule has 1 heterocycles. The molecule has 2 aromatic rings. The summed E-state index contributed by atoms with van der Waals surface area (Å²) >= 11 is 1.45. The number of hydrogen-bond donors (Lipinski definition) is 3. The minimum Gasteiger partial charge on any atom is -0.480 e. The van der Waals surface area contributed by atoms with Crippen LogP contribution in [-0.4, -0.2) is 52.9 Å². The number of benzene rings is 1. The summed E-state index contributed by atoms with van der Waals surface area (Å²) in [4.78, 5) is 26.2. The Morgan fingerprint density at radius 1 is 1.12 bits per heavy atom. The number of nitrogens with one attached hydrogen (secondary N) is 1. The largest absolute Gasteiger partial charge is 0.480 e. The molecule has 0 aliphatic heterocycles. The maximum absolute atomic E-state index is 12.4. The molecule has 0 saturated carbocycles. The minimum absolute atomic E-state index is 0.157. The third-order valence-electron chi connectivity index (χ3n) is 3.75. The Hall–Kier alpha value is -2.38. The van der Waals surface area contributed by atoms with Crippen molar-refractivity contribution < 1.29 is 19.8 Å². The van der Waals surface area contributed by atoms with E-state index in [0.717, 1.165) is 10.4 Å². The van der Waals surface area contributed by atoms with Gasteiger partial charge in [-0.05, 0) is 23.4 Å². The van der Waals surface area contributed by atoms with Crippen molar-refractivity contribution in [3.8, 4) is 0 Å². The normalized spacial score (nSPS) is 11.7. The summed E-state index contributed by atoms with van der Waals surface area (Å²) < 4.78 is 0. The standard InChI is InChI=1S/C18H22N2O4S/c21-11-10-20(9-8-14-5-2-1-3-6-14)18(24)19-16(17(22)23)13-15-7-4-12-25-15/h1-7,12,16,21H,8-11,13H2,(H,19,24)(H,22,23)/t16-/m0/s1. The number of aliphatic carboxylic acids is 1. The quantitative estimate of drug-likeness (QED) is 0.636. The average Bonchev–Trinajstić information content (AvgIpc) is 3.11. The highest BCUT2D eigenvalue weighted by atomic mass is 32.1. The van der Waals surface area contributed by atoms with E-state index in [2.05, 4.69) is 5.32 Å². The SMILES string of the molecule is O=C(O)[C@H](Cc1cccs1)NC(=O)N(CCO)CCc1ccccc1. The van der Waals surface area contributed by atoms with Crippen LogP contribution in [0.25, 0.3) is 0 Å². The Morgan fingerprint density at radius 3 is 2.48 bits per heavy atom. The number of carboxylic acid groups (broad SMARTS) is 1. The van der Waals surface area contributed by atoms with Crippen molar-refractivity contribution in [1.82, 2.24) is 10.2 Å². The number of carbonyl (C=O) groups is 2. The number of carbonyl (C=O) groups excluding carboxylic acids is 1. The van der Waals surface area contributed by atoms with Gasteiger partial charge in [0.05, 0.1) is 6.61 Å². The number of amides is 2. The van der Waals surface area contributed by atoms with Gasteiger partial charge < -0.3 is 20.4 Å².